The van der Waals surface area contributed by atoms with Crippen molar-refractivity contribution in [3.8, 4) is 12.3 Å². The molecule has 0 aromatic carbocycles. The molecule has 0 heterocycles. The SMILES string of the molecule is C#CCC12C=CC(=O)C=C1CC[C@@H]1[C@@H]2CC[C@]2(C)C(=O)CC[C@@H]12. The summed E-state index contributed by atoms with van der Waals surface area (Å²) in [4.78, 5) is 24.3. The molecule has 4 rings (SSSR count). The fraction of sp³-hybridized carbons (Fsp3) is 0.619. The van der Waals surface area contributed by atoms with Crippen LogP contribution in [0.15, 0.2) is 23.8 Å². The number of carbonyl (C=O) groups excluding carboxylic acids is 2. The Kier molecular flexibility index (Phi) is 3.21. The molecule has 0 aromatic heterocycles. The first kappa shape index (κ1) is 14.9. The first-order valence-electron chi connectivity index (χ1n) is 8.92. The second-order valence-corrected chi connectivity index (χ2v) is 8.16. The molecule has 0 aliphatic heterocycles. The van der Waals surface area contributed by atoms with Gasteiger partial charge < -0.3 is 0 Å². The van der Waals surface area contributed by atoms with Crippen LogP contribution in [0.2, 0.25) is 0 Å². The zero-order chi connectivity index (χ0) is 16.2. The van der Waals surface area contributed by atoms with Gasteiger partial charge in [-0.3, -0.25) is 9.59 Å². The summed E-state index contributed by atoms with van der Waals surface area (Å²) in [7, 11) is 0. The Morgan fingerprint density at radius 3 is 2.83 bits per heavy atom. The van der Waals surface area contributed by atoms with E-state index in [0.29, 0.717) is 30.0 Å². The smallest absolute Gasteiger partial charge is 0.178 e. The van der Waals surface area contributed by atoms with E-state index < -0.39 is 0 Å². The number of rotatable bonds is 1. The predicted molar refractivity (Wildman–Crippen MR) is 89.4 cm³/mol. The highest BCUT2D eigenvalue weighted by Gasteiger charge is 2.59. The van der Waals surface area contributed by atoms with Crippen LogP contribution in [0.25, 0.3) is 0 Å². The van der Waals surface area contributed by atoms with Gasteiger partial charge in [0.2, 0.25) is 0 Å². The Balaban J connectivity index is 1.76. The third-order valence-corrected chi connectivity index (χ3v) is 7.41. The zero-order valence-electron chi connectivity index (χ0n) is 13.8. The van der Waals surface area contributed by atoms with Crippen molar-refractivity contribution in [2.45, 2.75) is 51.9 Å². The van der Waals surface area contributed by atoms with E-state index >= 15 is 0 Å². The summed E-state index contributed by atoms with van der Waals surface area (Å²) in [5.41, 5.74) is 1.02. The van der Waals surface area contributed by atoms with Crippen LogP contribution in [-0.2, 0) is 9.59 Å². The topological polar surface area (TPSA) is 34.1 Å². The van der Waals surface area contributed by atoms with Crippen molar-refractivity contribution in [2.75, 3.05) is 0 Å². The summed E-state index contributed by atoms with van der Waals surface area (Å²) in [6.45, 7) is 2.20. The highest BCUT2D eigenvalue weighted by molar-refractivity contribution is 6.01. The standard InChI is InChI=1S/C21H24O2/c1-3-10-21-12-8-15(22)13-14(21)4-5-16-17-6-7-19(23)20(17,2)11-9-18(16)21/h1,8,12-13,16-18H,4-7,9-11H2,2H3/t16-,17-,18-,20-,21?/m0/s1. The molecule has 0 amide bonds. The van der Waals surface area contributed by atoms with E-state index in [4.69, 9.17) is 6.42 Å². The van der Waals surface area contributed by atoms with Crippen LogP contribution >= 0.6 is 0 Å². The molecular weight excluding hydrogens is 284 g/mol. The van der Waals surface area contributed by atoms with E-state index in [1.807, 2.05) is 6.08 Å². The molecule has 5 atom stereocenters. The van der Waals surface area contributed by atoms with Crippen LogP contribution in [0.1, 0.15) is 51.9 Å². The Morgan fingerprint density at radius 2 is 2.04 bits per heavy atom. The van der Waals surface area contributed by atoms with Crippen molar-refractivity contribution in [3.05, 3.63) is 23.8 Å². The monoisotopic (exact) mass is 308 g/mol. The fourth-order valence-electron chi connectivity index (χ4n) is 6.25. The number of ketones is 2. The molecule has 3 fully saturated rings. The van der Waals surface area contributed by atoms with Gasteiger partial charge in [-0.15, -0.1) is 12.3 Å². The lowest BCUT2D eigenvalue weighted by Gasteiger charge is -2.56. The van der Waals surface area contributed by atoms with Gasteiger partial charge in [0.1, 0.15) is 5.78 Å². The number of hydrogen-bond acceptors (Lipinski definition) is 2. The number of allylic oxidation sites excluding steroid dienone is 4. The van der Waals surface area contributed by atoms with Crippen LogP contribution < -0.4 is 0 Å². The van der Waals surface area contributed by atoms with Crippen LogP contribution in [0, 0.1) is 40.9 Å². The van der Waals surface area contributed by atoms with Gasteiger partial charge in [-0.2, -0.15) is 0 Å². The van der Waals surface area contributed by atoms with Gasteiger partial charge in [0.05, 0.1) is 0 Å². The van der Waals surface area contributed by atoms with E-state index in [1.165, 1.54) is 5.57 Å². The van der Waals surface area contributed by atoms with Crippen molar-refractivity contribution in [3.63, 3.8) is 0 Å². The molecule has 2 heteroatoms. The third kappa shape index (κ3) is 1.89. The molecule has 4 aliphatic carbocycles. The quantitative estimate of drug-likeness (QED) is 0.689. The largest absolute Gasteiger partial charge is 0.299 e. The van der Waals surface area contributed by atoms with Crippen molar-refractivity contribution in [1.82, 2.24) is 0 Å². The van der Waals surface area contributed by atoms with Crippen LogP contribution in [0.4, 0.5) is 0 Å². The minimum atomic E-state index is -0.126. The number of carbonyl (C=O) groups is 2. The minimum Gasteiger partial charge on any atom is -0.299 e. The Bertz CT molecular complexity index is 676. The summed E-state index contributed by atoms with van der Waals surface area (Å²) < 4.78 is 0. The number of Topliss-reactive ketones (excluding diaryl/α,β-unsaturated/α-hetero) is 1. The van der Waals surface area contributed by atoms with Crippen molar-refractivity contribution < 1.29 is 9.59 Å². The fourth-order valence-corrected chi connectivity index (χ4v) is 6.25. The maximum Gasteiger partial charge on any atom is 0.178 e. The van der Waals surface area contributed by atoms with Gasteiger partial charge in [0.25, 0.3) is 0 Å². The minimum absolute atomic E-state index is 0.0998. The Labute approximate surface area is 138 Å². The van der Waals surface area contributed by atoms with Gasteiger partial charge in [0.15, 0.2) is 5.78 Å². The van der Waals surface area contributed by atoms with Gasteiger partial charge in [0, 0.05) is 23.7 Å². The molecule has 0 bridgehead atoms. The molecule has 0 aromatic rings. The molecule has 0 saturated heterocycles. The summed E-state index contributed by atoms with van der Waals surface area (Å²) in [5.74, 6) is 5.03. The van der Waals surface area contributed by atoms with E-state index in [-0.39, 0.29) is 16.6 Å². The lowest BCUT2D eigenvalue weighted by molar-refractivity contribution is -0.131. The third-order valence-electron chi connectivity index (χ3n) is 7.41. The van der Waals surface area contributed by atoms with E-state index in [2.05, 4.69) is 18.9 Å². The number of terminal acetylenes is 1. The highest BCUT2D eigenvalue weighted by Crippen LogP contribution is 2.64. The van der Waals surface area contributed by atoms with E-state index in [1.54, 1.807) is 6.08 Å². The average molecular weight is 308 g/mol. The average Bonchev–Trinajstić information content (AvgIpc) is 2.84. The first-order chi connectivity index (χ1) is 11.0. The van der Waals surface area contributed by atoms with Gasteiger partial charge in [-0.1, -0.05) is 18.6 Å². The van der Waals surface area contributed by atoms with Crippen LogP contribution in [0.5, 0.6) is 0 Å². The van der Waals surface area contributed by atoms with Crippen LogP contribution in [-0.4, -0.2) is 11.6 Å². The number of fused-ring (bicyclic) bond motifs is 5. The van der Waals surface area contributed by atoms with Crippen molar-refractivity contribution >= 4 is 11.6 Å². The Morgan fingerprint density at radius 1 is 1.22 bits per heavy atom. The molecule has 3 saturated carbocycles. The molecule has 23 heavy (non-hydrogen) atoms. The van der Waals surface area contributed by atoms with Gasteiger partial charge in [-0.05, 0) is 62.0 Å². The second kappa shape index (κ2) is 4.94. The number of hydrogen-bond donors (Lipinski definition) is 0. The van der Waals surface area contributed by atoms with Gasteiger partial charge >= 0.3 is 0 Å². The lowest BCUT2D eigenvalue weighted by Crippen LogP contribution is -2.50. The molecule has 1 unspecified atom stereocenters. The summed E-state index contributed by atoms with van der Waals surface area (Å²) in [5, 5.41) is 0. The molecule has 0 radical (unpaired) electrons. The maximum absolute atomic E-state index is 12.4. The summed E-state index contributed by atoms with van der Waals surface area (Å²) >= 11 is 0. The molecule has 120 valence electrons. The van der Waals surface area contributed by atoms with Crippen LogP contribution in [0.3, 0.4) is 0 Å². The predicted octanol–water partition coefficient (Wildman–Crippen LogP) is 3.87. The highest BCUT2D eigenvalue weighted by atomic mass is 16.1. The normalized spacial score (nSPS) is 44.9. The zero-order valence-corrected chi connectivity index (χ0v) is 13.8. The molecule has 2 nitrogen and oxygen atoms in total. The van der Waals surface area contributed by atoms with Crippen molar-refractivity contribution in [1.29, 1.82) is 0 Å². The first-order valence-corrected chi connectivity index (χ1v) is 8.92. The van der Waals surface area contributed by atoms with Gasteiger partial charge in [-0.25, -0.2) is 0 Å². The van der Waals surface area contributed by atoms with Crippen molar-refractivity contribution in [2.24, 2.45) is 28.6 Å². The van der Waals surface area contributed by atoms with E-state index in [0.717, 1.165) is 38.5 Å². The molecular formula is C21H24O2. The Hall–Kier alpha value is -1.62. The molecule has 0 N–H and O–H groups in total. The molecule has 4 aliphatic rings. The summed E-state index contributed by atoms with van der Waals surface area (Å²) in [6.07, 6.45) is 18.0. The lowest BCUT2D eigenvalue weighted by atomic mass is 9.47. The summed E-state index contributed by atoms with van der Waals surface area (Å²) in [6, 6.07) is 0. The van der Waals surface area contributed by atoms with E-state index in [9.17, 15) is 9.59 Å². The second-order valence-electron chi connectivity index (χ2n) is 8.16. The molecule has 0 spiro atoms. The maximum atomic E-state index is 12.4.